The van der Waals surface area contributed by atoms with E-state index in [9.17, 15) is 4.79 Å². The van der Waals surface area contributed by atoms with E-state index in [4.69, 9.17) is 12.2 Å². The van der Waals surface area contributed by atoms with E-state index in [0.717, 1.165) is 22.7 Å². The first-order chi connectivity index (χ1) is 12.1. The average Bonchev–Trinajstić information content (AvgIpc) is 2.90. The fourth-order valence-electron chi connectivity index (χ4n) is 2.46. The highest BCUT2D eigenvalue weighted by Gasteiger charge is 2.16. The zero-order valence-electron chi connectivity index (χ0n) is 14.7. The number of nitrogens with zero attached hydrogens (tertiary/aromatic N) is 4. The first kappa shape index (κ1) is 19.0. The average molecular weight is 361 g/mol. The number of amides is 1. The van der Waals surface area contributed by atoms with Gasteiger partial charge in [-0.15, -0.1) is 11.7 Å². The van der Waals surface area contributed by atoms with Crippen LogP contribution in [0.25, 0.3) is 11.4 Å². The van der Waals surface area contributed by atoms with E-state index in [1.165, 1.54) is 0 Å². The molecule has 134 valence electrons. The molecule has 0 aliphatic rings. The summed E-state index contributed by atoms with van der Waals surface area (Å²) >= 11 is 5.56. The molecule has 25 heavy (non-hydrogen) atoms. The van der Waals surface area contributed by atoms with Gasteiger partial charge in [-0.05, 0) is 30.8 Å². The molecule has 0 aliphatic heterocycles. The van der Waals surface area contributed by atoms with Crippen molar-refractivity contribution >= 4 is 18.1 Å². The molecule has 2 aromatic rings. The quantitative estimate of drug-likeness (QED) is 0.509. The van der Waals surface area contributed by atoms with E-state index < -0.39 is 0 Å². The Balaban J connectivity index is 2.20. The van der Waals surface area contributed by atoms with Crippen molar-refractivity contribution in [1.82, 2.24) is 24.6 Å². The van der Waals surface area contributed by atoms with Crippen molar-refractivity contribution in [3.8, 4) is 11.4 Å². The smallest absolute Gasteiger partial charge is 0.275 e. The third kappa shape index (κ3) is 5.07. The molecule has 0 saturated carbocycles. The third-order valence-corrected chi connectivity index (χ3v) is 4.04. The second kappa shape index (κ2) is 9.24. The monoisotopic (exact) mass is 361 g/mol. The number of carbonyl (C=O) groups is 1. The van der Waals surface area contributed by atoms with Gasteiger partial charge in [0.05, 0.1) is 7.05 Å². The maximum absolute atomic E-state index is 11.9. The summed E-state index contributed by atoms with van der Waals surface area (Å²) in [6, 6.07) is 3.81. The van der Waals surface area contributed by atoms with Gasteiger partial charge in [-0.1, -0.05) is 13.0 Å². The van der Waals surface area contributed by atoms with Crippen LogP contribution in [0.5, 0.6) is 0 Å². The van der Waals surface area contributed by atoms with Crippen LogP contribution in [0.4, 0.5) is 0 Å². The minimum absolute atomic E-state index is 0.0314. The van der Waals surface area contributed by atoms with Gasteiger partial charge < -0.3 is 10.2 Å². The van der Waals surface area contributed by atoms with E-state index in [-0.39, 0.29) is 5.91 Å². The summed E-state index contributed by atoms with van der Waals surface area (Å²) in [4.78, 5) is 17.0. The zero-order valence-corrected chi connectivity index (χ0v) is 15.6. The lowest BCUT2D eigenvalue weighted by atomic mass is 10.3. The summed E-state index contributed by atoms with van der Waals surface area (Å²) in [5.74, 6) is 0.783. The highest BCUT2D eigenvalue weighted by molar-refractivity contribution is 7.71. The second-order valence-electron chi connectivity index (χ2n) is 5.89. The molecule has 2 N–H and O–H groups in total. The van der Waals surface area contributed by atoms with Gasteiger partial charge in [0.2, 0.25) is 4.77 Å². The highest BCUT2D eigenvalue weighted by atomic mass is 32.1. The highest BCUT2D eigenvalue weighted by Crippen LogP contribution is 2.16. The number of rotatable bonds is 9. The number of allylic oxidation sites excluding steroid dienone is 1. The van der Waals surface area contributed by atoms with Crippen molar-refractivity contribution < 1.29 is 9.69 Å². The molecule has 0 fully saturated rings. The first-order valence-corrected chi connectivity index (χ1v) is 8.74. The predicted molar refractivity (Wildman–Crippen MR) is 99.5 cm³/mol. The molecule has 8 heteroatoms. The normalized spacial score (nSPS) is 11.9. The molecule has 2 rings (SSSR count). The molecule has 0 radical (unpaired) electrons. The van der Waals surface area contributed by atoms with Crippen LogP contribution in [0, 0.1) is 4.77 Å². The van der Waals surface area contributed by atoms with Crippen LogP contribution in [0.15, 0.2) is 37.2 Å². The van der Waals surface area contributed by atoms with Crippen LogP contribution in [-0.2, 0) is 18.0 Å². The fourth-order valence-corrected chi connectivity index (χ4v) is 2.73. The maximum Gasteiger partial charge on any atom is 0.275 e. The van der Waals surface area contributed by atoms with Crippen LogP contribution < -0.4 is 10.2 Å². The van der Waals surface area contributed by atoms with Crippen LogP contribution in [0.1, 0.15) is 13.3 Å². The molecule has 2 heterocycles. The van der Waals surface area contributed by atoms with Gasteiger partial charge in [-0.25, -0.2) is 0 Å². The number of hydrogen-bond donors (Lipinski definition) is 2. The van der Waals surface area contributed by atoms with Gasteiger partial charge in [0.1, 0.15) is 0 Å². The lowest BCUT2D eigenvalue weighted by Gasteiger charge is -2.13. The summed E-state index contributed by atoms with van der Waals surface area (Å²) in [6.07, 6.45) is 6.20. The molecule has 1 unspecified atom stereocenters. The SMILES string of the molecule is C=CCn1c(-c2cccnc2)nn(C[NH+](C)CC(=O)NCCC)c1=S. The van der Waals surface area contributed by atoms with Gasteiger partial charge in [0.15, 0.2) is 19.0 Å². The Morgan fingerprint density at radius 2 is 2.32 bits per heavy atom. The molecule has 0 aliphatic carbocycles. The molecule has 2 aromatic heterocycles. The second-order valence-corrected chi connectivity index (χ2v) is 6.25. The summed E-state index contributed by atoms with van der Waals surface area (Å²) in [5, 5.41) is 7.53. The van der Waals surface area contributed by atoms with E-state index in [1.54, 1.807) is 23.2 Å². The molecule has 0 aromatic carbocycles. The molecule has 1 atom stereocenters. The number of aromatic nitrogens is 4. The number of carbonyl (C=O) groups excluding carboxylic acids is 1. The first-order valence-electron chi connectivity index (χ1n) is 8.33. The minimum atomic E-state index is 0.0314. The Hall–Kier alpha value is -2.32. The van der Waals surface area contributed by atoms with E-state index in [2.05, 4.69) is 22.0 Å². The number of quaternary nitrogens is 1. The summed E-state index contributed by atoms with van der Waals surface area (Å²) in [7, 11) is 1.95. The summed E-state index contributed by atoms with van der Waals surface area (Å²) in [6.45, 7) is 7.97. The van der Waals surface area contributed by atoms with Gasteiger partial charge in [-0.3, -0.25) is 14.3 Å². The third-order valence-electron chi connectivity index (χ3n) is 3.61. The number of hydrogen-bond acceptors (Lipinski definition) is 4. The lowest BCUT2D eigenvalue weighted by molar-refractivity contribution is -0.895. The van der Waals surface area contributed by atoms with Crippen molar-refractivity contribution in [2.75, 3.05) is 20.1 Å². The fraction of sp³-hybridized carbons (Fsp3) is 0.412. The predicted octanol–water partition coefficient (Wildman–Crippen LogP) is 0.660. The molecule has 0 spiro atoms. The number of likely N-dealkylation sites (N-methyl/N-ethyl adjacent to an activating group) is 1. The van der Waals surface area contributed by atoms with E-state index in [1.807, 2.05) is 30.7 Å². The van der Waals surface area contributed by atoms with Gasteiger partial charge >= 0.3 is 0 Å². The lowest BCUT2D eigenvalue weighted by Crippen LogP contribution is -3.09. The van der Waals surface area contributed by atoms with E-state index in [0.29, 0.717) is 31.1 Å². The molecule has 7 nitrogen and oxygen atoms in total. The standard InChI is InChI=1S/C17H24N6OS/c1-4-8-19-15(24)12-21(3)13-23-17(25)22(10-5-2)16(20-23)14-7-6-9-18-11-14/h5-7,9,11H,2,4,8,10,12-13H2,1,3H3,(H,19,24)/p+1. The Labute approximate surface area is 153 Å². The topological polar surface area (TPSA) is 69.2 Å². The zero-order chi connectivity index (χ0) is 18.2. The van der Waals surface area contributed by atoms with Crippen LogP contribution in [0.3, 0.4) is 0 Å². The maximum atomic E-state index is 11.9. The largest absolute Gasteiger partial charge is 0.351 e. The van der Waals surface area contributed by atoms with Gasteiger partial charge in [0, 0.05) is 31.0 Å². The Morgan fingerprint density at radius 3 is 2.96 bits per heavy atom. The molecular formula is C17H25N6OS+. The van der Waals surface area contributed by atoms with Crippen molar-refractivity contribution in [2.45, 2.75) is 26.6 Å². The Bertz CT molecular complexity index is 767. The molecule has 0 bridgehead atoms. The van der Waals surface area contributed by atoms with Gasteiger partial charge in [0.25, 0.3) is 5.91 Å². The van der Waals surface area contributed by atoms with E-state index >= 15 is 0 Å². The van der Waals surface area contributed by atoms with Gasteiger partial charge in [-0.2, -0.15) is 4.68 Å². The van der Waals surface area contributed by atoms with Crippen molar-refractivity contribution in [3.63, 3.8) is 0 Å². The molecule has 0 saturated heterocycles. The Kier molecular flexibility index (Phi) is 7.03. The van der Waals surface area contributed by atoms with Crippen LogP contribution >= 0.6 is 12.2 Å². The van der Waals surface area contributed by atoms with Crippen LogP contribution in [-0.4, -0.2) is 45.4 Å². The van der Waals surface area contributed by atoms with Crippen molar-refractivity contribution in [2.24, 2.45) is 0 Å². The number of nitrogens with one attached hydrogen (secondary N) is 2. The van der Waals surface area contributed by atoms with Crippen molar-refractivity contribution in [1.29, 1.82) is 0 Å². The molecular weight excluding hydrogens is 336 g/mol. The summed E-state index contributed by atoms with van der Waals surface area (Å²) < 4.78 is 4.28. The van der Waals surface area contributed by atoms with Crippen molar-refractivity contribution in [3.05, 3.63) is 42.0 Å². The van der Waals surface area contributed by atoms with Crippen LogP contribution in [0.2, 0.25) is 0 Å². The molecule has 1 amide bonds. The number of pyridine rings is 1. The minimum Gasteiger partial charge on any atom is -0.351 e. The summed E-state index contributed by atoms with van der Waals surface area (Å²) in [5.41, 5.74) is 0.896. The Morgan fingerprint density at radius 1 is 1.52 bits per heavy atom.